The number of aliphatic carboxylic acids is 1. The number of amides is 1. The number of nitrogens with zero attached hydrogens (tertiary/aromatic N) is 2. The molecule has 1 atom stereocenters. The van der Waals surface area contributed by atoms with Gasteiger partial charge in [-0.15, -0.1) is 0 Å². The van der Waals surface area contributed by atoms with Crippen molar-refractivity contribution in [3.63, 3.8) is 0 Å². The predicted molar refractivity (Wildman–Crippen MR) is 76.9 cm³/mol. The summed E-state index contributed by atoms with van der Waals surface area (Å²) in [5, 5.41) is 9.45. The lowest BCUT2D eigenvalue weighted by Gasteiger charge is -2.34. The van der Waals surface area contributed by atoms with E-state index in [9.17, 15) is 14.7 Å². The maximum absolute atomic E-state index is 12.6. The largest absolute Gasteiger partial charge is 0.480 e. The number of carbonyl (C=O) groups is 2. The summed E-state index contributed by atoms with van der Waals surface area (Å²) in [5.41, 5.74) is 2.51. The minimum Gasteiger partial charge on any atom is -0.480 e. The van der Waals surface area contributed by atoms with Gasteiger partial charge in [0.2, 0.25) is 0 Å². The number of aryl methyl sites for hydroxylation is 1. The lowest BCUT2D eigenvalue weighted by Crippen LogP contribution is -2.49. The Bertz CT molecular complexity index is 705. The highest BCUT2D eigenvalue weighted by Gasteiger charge is 2.35. The van der Waals surface area contributed by atoms with Gasteiger partial charge in [-0.25, -0.2) is 4.79 Å². The Kier molecular flexibility index (Phi) is 3.25. The average Bonchev–Trinajstić information content (AvgIpc) is 2.91. The van der Waals surface area contributed by atoms with Crippen LogP contribution in [0.1, 0.15) is 21.6 Å². The molecule has 0 bridgehead atoms. The summed E-state index contributed by atoms with van der Waals surface area (Å²) in [5.74, 6) is -1.21. The van der Waals surface area contributed by atoms with Gasteiger partial charge in [0.1, 0.15) is 11.7 Å². The van der Waals surface area contributed by atoms with Crippen molar-refractivity contribution < 1.29 is 14.7 Å². The van der Waals surface area contributed by atoms with Crippen molar-refractivity contribution in [3.8, 4) is 0 Å². The molecule has 5 nitrogen and oxygen atoms in total. The zero-order valence-corrected chi connectivity index (χ0v) is 11.7. The molecule has 0 unspecified atom stereocenters. The van der Waals surface area contributed by atoms with E-state index in [-0.39, 0.29) is 5.91 Å². The molecule has 2 heterocycles. The zero-order chi connectivity index (χ0) is 15.0. The smallest absolute Gasteiger partial charge is 0.326 e. The van der Waals surface area contributed by atoms with Crippen molar-refractivity contribution in [2.24, 2.45) is 7.05 Å². The van der Waals surface area contributed by atoms with Crippen molar-refractivity contribution in [1.29, 1.82) is 0 Å². The maximum Gasteiger partial charge on any atom is 0.326 e. The van der Waals surface area contributed by atoms with Crippen LogP contribution in [0.3, 0.4) is 0 Å². The van der Waals surface area contributed by atoms with Crippen LogP contribution < -0.4 is 0 Å². The molecule has 0 aliphatic carbocycles. The number of fused-ring (bicyclic) bond motifs is 1. The molecule has 21 heavy (non-hydrogen) atoms. The summed E-state index contributed by atoms with van der Waals surface area (Å²) in [7, 11) is 1.78. The van der Waals surface area contributed by atoms with Crippen molar-refractivity contribution in [1.82, 2.24) is 9.47 Å². The molecule has 108 valence electrons. The highest BCUT2D eigenvalue weighted by molar-refractivity contribution is 5.95. The molecule has 3 rings (SSSR count). The molecule has 1 aromatic carbocycles. The van der Waals surface area contributed by atoms with E-state index in [4.69, 9.17) is 0 Å². The number of hydrogen-bond acceptors (Lipinski definition) is 2. The molecule has 0 saturated heterocycles. The minimum atomic E-state index is -0.966. The van der Waals surface area contributed by atoms with Gasteiger partial charge in [0.15, 0.2) is 0 Å². The van der Waals surface area contributed by atoms with Gasteiger partial charge >= 0.3 is 5.97 Å². The van der Waals surface area contributed by atoms with E-state index in [1.165, 1.54) is 4.90 Å². The van der Waals surface area contributed by atoms with Gasteiger partial charge in [-0.2, -0.15) is 0 Å². The number of carboxylic acid groups (broad SMARTS) is 1. The van der Waals surface area contributed by atoms with Gasteiger partial charge in [-0.1, -0.05) is 24.3 Å². The third-order valence-electron chi connectivity index (χ3n) is 3.96. The first-order chi connectivity index (χ1) is 10.1. The first-order valence-electron chi connectivity index (χ1n) is 6.80. The summed E-state index contributed by atoms with van der Waals surface area (Å²) < 4.78 is 1.71. The number of benzene rings is 1. The molecule has 1 amide bonds. The lowest BCUT2D eigenvalue weighted by molar-refractivity contribution is -0.142. The summed E-state index contributed by atoms with van der Waals surface area (Å²) in [4.78, 5) is 25.6. The molecular formula is C16H16N2O3. The number of carbonyl (C=O) groups excluding carboxylic acids is 1. The van der Waals surface area contributed by atoms with Crippen molar-refractivity contribution in [2.75, 3.05) is 0 Å². The van der Waals surface area contributed by atoms with Gasteiger partial charge in [-0.3, -0.25) is 4.79 Å². The van der Waals surface area contributed by atoms with Crippen LogP contribution in [0.2, 0.25) is 0 Å². The van der Waals surface area contributed by atoms with Crippen LogP contribution in [0.15, 0.2) is 42.6 Å². The fourth-order valence-electron chi connectivity index (χ4n) is 2.79. The minimum absolute atomic E-state index is 0.246. The van der Waals surface area contributed by atoms with E-state index < -0.39 is 12.0 Å². The average molecular weight is 284 g/mol. The monoisotopic (exact) mass is 284 g/mol. The molecule has 0 fully saturated rings. The molecule has 1 aliphatic rings. The summed E-state index contributed by atoms with van der Waals surface area (Å²) in [6, 6.07) is 10.3. The summed E-state index contributed by atoms with van der Waals surface area (Å²) >= 11 is 0. The molecular weight excluding hydrogens is 268 g/mol. The van der Waals surface area contributed by atoms with Gasteiger partial charge in [-0.05, 0) is 23.3 Å². The second-order valence-corrected chi connectivity index (χ2v) is 5.26. The third-order valence-corrected chi connectivity index (χ3v) is 3.96. The molecule has 0 spiro atoms. The second kappa shape index (κ2) is 5.09. The van der Waals surface area contributed by atoms with Crippen molar-refractivity contribution in [3.05, 3.63) is 59.4 Å². The van der Waals surface area contributed by atoms with Crippen LogP contribution >= 0.6 is 0 Å². The first-order valence-corrected chi connectivity index (χ1v) is 6.80. The maximum atomic E-state index is 12.6. The van der Waals surface area contributed by atoms with E-state index in [2.05, 4.69) is 0 Å². The Balaban J connectivity index is 1.98. The molecule has 0 radical (unpaired) electrons. The zero-order valence-electron chi connectivity index (χ0n) is 11.7. The molecule has 0 saturated carbocycles. The van der Waals surface area contributed by atoms with E-state index in [1.54, 1.807) is 29.9 Å². The topological polar surface area (TPSA) is 62.5 Å². The predicted octanol–water partition coefficient (Wildman–Crippen LogP) is 1.68. The van der Waals surface area contributed by atoms with E-state index in [0.717, 1.165) is 11.1 Å². The fraction of sp³-hybridized carbons (Fsp3) is 0.250. The summed E-state index contributed by atoms with van der Waals surface area (Å²) in [6.07, 6.45) is 2.13. The number of rotatable bonds is 2. The van der Waals surface area contributed by atoms with Crippen molar-refractivity contribution in [2.45, 2.75) is 19.0 Å². The molecule has 1 aliphatic heterocycles. The Labute approximate surface area is 122 Å². The van der Waals surface area contributed by atoms with Gasteiger partial charge < -0.3 is 14.6 Å². The van der Waals surface area contributed by atoms with Crippen LogP contribution in [-0.4, -0.2) is 32.5 Å². The van der Waals surface area contributed by atoms with E-state index >= 15 is 0 Å². The Morgan fingerprint density at radius 1 is 1.14 bits per heavy atom. The third kappa shape index (κ3) is 2.31. The van der Waals surface area contributed by atoms with Crippen LogP contribution in [0, 0.1) is 0 Å². The Morgan fingerprint density at radius 2 is 1.86 bits per heavy atom. The van der Waals surface area contributed by atoms with Crippen LogP contribution in [0.5, 0.6) is 0 Å². The normalized spacial score (nSPS) is 17.4. The van der Waals surface area contributed by atoms with Crippen molar-refractivity contribution >= 4 is 11.9 Å². The summed E-state index contributed by atoms with van der Waals surface area (Å²) in [6.45, 7) is 0.331. The van der Waals surface area contributed by atoms with Gasteiger partial charge in [0.05, 0.1) is 0 Å². The second-order valence-electron chi connectivity index (χ2n) is 5.26. The quantitative estimate of drug-likeness (QED) is 0.912. The Hall–Kier alpha value is -2.56. The van der Waals surface area contributed by atoms with Gasteiger partial charge in [0, 0.05) is 26.2 Å². The molecule has 1 aromatic heterocycles. The fourth-order valence-corrected chi connectivity index (χ4v) is 2.79. The highest BCUT2D eigenvalue weighted by Crippen LogP contribution is 2.25. The van der Waals surface area contributed by atoms with Crippen LogP contribution in [-0.2, 0) is 24.8 Å². The lowest BCUT2D eigenvalue weighted by atomic mass is 9.93. The first kappa shape index (κ1) is 13.4. The van der Waals surface area contributed by atoms with Crippen LogP contribution in [0.4, 0.5) is 0 Å². The van der Waals surface area contributed by atoms with E-state index in [1.807, 2.05) is 24.3 Å². The number of aromatic nitrogens is 1. The molecule has 2 aromatic rings. The van der Waals surface area contributed by atoms with Crippen LogP contribution in [0.25, 0.3) is 0 Å². The highest BCUT2D eigenvalue weighted by atomic mass is 16.4. The molecule has 5 heteroatoms. The number of hydrogen-bond donors (Lipinski definition) is 1. The standard InChI is InChI=1S/C16H16N2O3/c1-17-8-4-7-13(17)15(19)18-10-12-6-3-2-5-11(12)9-14(18)16(20)21/h2-8,14H,9-10H2,1H3,(H,20,21)/t14-/m0/s1. The van der Waals surface area contributed by atoms with E-state index in [0.29, 0.717) is 18.7 Å². The SMILES string of the molecule is Cn1cccc1C(=O)N1Cc2ccccc2C[C@H]1C(=O)O. The Morgan fingerprint density at radius 3 is 2.48 bits per heavy atom. The molecule has 1 N–H and O–H groups in total. The van der Waals surface area contributed by atoms with Gasteiger partial charge in [0.25, 0.3) is 5.91 Å². The number of carboxylic acids is 1.